The molecule has 102 valence electrons. The Hall–Kier alpha value is -2.43. The van der Waals surface area contributed by atoms with Crippen LogP contribution in [0.3, 0.4) is 0 Å². The molecule has 0 spiro atoms. The molecule has 0 unspecified atom stereocenters. The Labute approximate surface area is 115 Å². The van der Waals surface area contributed by atoms with Gasteiger partial charge in [-0.15, -0.1) is 0 Å². The maximum absolute atomic E-state index is 14.0. The van der Waals surface area contributed by atoms with Crippen LogP contribution in [-0.4, -0.2) is 15.0 Å². The van der Waals surface area contributed by atoms with Crippen molar-refractivity contribution in [3.05, 3.63) is 41.5 Å². The number of hydrogen-bond donors (Lipinski definition) is 2. The van der Waals surface area contributed by atoms with Crippen molar-refractivity contribution < 1.29 is 4.39 Å². The first-order valence-corrected chi connectivity index (χ1v) is 6.51. The van der Waals surface area contributed by atoms with E-state index < -0.39 is 0 Å². The Balaban J connectivity index is 2.37. The fourth-order valence-corrected chi connectivity index (χ4v) is 2.55. The average molecular weight is 270 g/mol. The third kappa shape index (κ3) is 1.82. The largest absolute Gasteiger partial charge is 0.383 e. The molecule has 0 saturated carbocycles. The minimum absolute atomic E-state index is 0.267. The minimum Gasteiger partial charge on any atom is -0.383 e. The van der Waals surface area contributed by atoms with Crippen molar-refractivity contribution in [1.82, 2.24) is 15.0 Å². The highest BCUT2D eigenvalue weighted by Crippen LogP contribution is 2.33. The monoisotopic (exact) mass is 270 g/mol. The third-order valence-electron chi connectivity index (χ3n) is 3.39. The highest BCUT2D eigenvalue weighted by Gasteiger charge is 2.18. The van der Waals surface area contributed by atoms with Gasteiger partial charge in [0.2, 0.25) is 0 Å². The summed E-state index contributed by atoms with van der Waals surface area (Å²) in [6.45, 7) is 3.79. The van der Waals surface area contributed by atoms with Gasteiger partial charge in [-0.25, -0.2) is 14.4 Å². The maximum Gasteiger partial charge on any atom is 0.143 e. The van der Waals surface area contributed by atoms with Gasteiger partial charge >= 0.3 is 0 Å². The van der Waals surface area contributed by atoms with Crippen LogP contribution in [0.2, 0.25) is 0 Å². The van der Waals surface area contributed by atoms with E-state index in [4.69, 9.17) is 5.73 Å². The number of aromatic amines is 1. The molecule has 0 aliphatic carbocycles. The molecule has 5 heteroatoms. The lowest BCUT2D eigenvalue weighted by Crippen LogP contribution is -1.97. The van der Waals surface area contributed by atoms with Crippen LogP contribution in [0, 0.1) is 12.7 Å². The zero-order chi connectivity index (χ0) is 14.3. The summed E-state index contributed by atoms with van der Waals surface area (Å²) >= 11 is 0. The first-order valence-electron chi connectivity index (χ1n) is 6.51. The van der Waals surface area contributed by atoms with Crippen LogP contribution >= 0.6 is 0 Å². The molecule has 0 radical (unpaired) electrons. The molecule has 0 aliphatic heterocycles. The second-order valence-corrected chi connectivity index (χ2v) is 4.69. The molecule has 3 N–H and O–H groups in total. The van der Waals surface area contributed by atoms with E-state index in [1.807, 2.05) is 13.0 Å². The maximum atomic E-state index is 14.0. The number of halogens is 1. The average Bonchev–Trinajstić information content (AvgIpc) is 2.77. The van der Waals surface area contributed by atoms with Gasteiger partial charge in [0.15, 0.2) is 0 Å². The number of H-pyrrole nitrogens is 1. The molecule has 3 aromatic rings. The second kappa shape index (κ2) is 4.59. The lowest BCUT2D eigenvalue weighted by molar-refractivity contribution is 0.630. The number of benzene rings is 1. The van der Waals surface area contributed by atoms with Crippen LogP contribution in [0.25, 0.3) is 22.3 Å². The van der Waals surface area contributed by atoms with Gasteiger partial charge in [-0.05, 0) is 31.0 Å². The summed E-state index contributed by atoms with van der Waals surface area (Å²) in [4.78, 5) is 11.7. The first kappa shape index (κ1) is 12.6. The van der Waals surface area contributed by atoms with Gasteiger partial charge in [-0.3, -0.25) is 0 Å². The Morgan fingerprint density at radius 3 is 2.70 bits per heavy atom. The Morgan fingerprint density at radius 1 is 1.25 bits per heavy atom. The van der Waals surface area contributed by atoms with Crippen LogP contribution in [0.4, 0.5) is 10.2 Å². The van der Waals surface area contributed by atoms with Gasteiger partial charge in [0.05, 0.1) is 11.1 Å². The molecule has 0 saturated heterocycles. The molecule has 1 aromatic carbocycles. The summed E-state index contributed by atoms with van der Waals surface area (Å²) in [5, 5.41) is 0.788. The number of nitrogens with two attached hydrogens (primary N) is 1. The zero-order valence-electron chi connectivity index (χ0n) is 11.4. The molecule has 0 aliphatic rings. The Morgan fingerprint density at radius 2 is 2.00 bits per heavy atom. The lowest BCUT2D eigenvalue weighted by atomic mass is 10.0. The van der Waals surface area contributed by atoms with Gasteiger partial charge in [0.25, 0.3) is 0 Å². The molecular weight excluding hydrogens is 255 g/mol. The van der Waals surface area contributed by atoms with Gasteiger partial charge in [0, 0.05) is 5.56 Å². The molecule has 3 rings (SSSR count). The highest BCUT2D eigenvalue weighted by molar-refractivity contribution is 5.95. The molecule has 0 atom stereocenters. The van der Waals surface area contributed by atoms with Crippen LogP contribution in [0.5, 0.6) is 0 Å². The Bertz CT molecular complexity index is 792. The van der Waals surface area contributed by atoms with Crippen molar-refractivity contribution in [2.75, 3.05) is 5.73 Å². The molecule has 2 heterocycles. The highest BCUT2D eigenvalue weighted by atomic mass is 19.1. The van der Waals surface area contributed by atoms with E-state index in [2.05, 4.69) is 15.0 Å². The number of hydrogen-bond acceptors (Lipinski definition) is 3. The first-order chi connectivity index (χ1) is 9.61. The number of aromatic nitrogens is 3. The standard InChI is InChI=1S/C15H15FN4/c1-3-9-12-14(17)18-8(2)19-15(12)20-13(9)10-6-4-5-7-11(10)16/h4-7H,3H2,1-2H3,(H3,17,18,19,20). The van der Waals surface area contributed by atoms with Crippen molar-refractivity contribution in [3.8, 4) is 11.3 Å². The number of aryl methyl sites for hydroxylation is 2. The van der Waals surface area contributed by atoms with E-state index in [-0.39, 0.29) is 5.82 Å². The fourth-order valence-electron chi connectivity index (χ4n) is 2.55. The third-order valence-corrected chi connectivity index (χ3v) is 3.39. The van der Waals surface area contributed by atoms with Gasteiger partial charge in [-0.1, -0.05) is 19.1 Å². The molecule has 0 bridgehead atoms. The predicted octanol–water partition coefficient (Wildman–Crippen LogP) is 3.22. The van der Waals surface area contributed by atoms with Crippen molar-refractivity contribution in [2.45, 2.75) is 20.3 Å². The molecule has 20 heavy (non-hydrogen) atoms. The van der Waals surface area contributed by atoms with Crippen LogP contribution in [0.15, 0.2) is 24.3 Å². The summed E-state index contributed by atoms with van der Waals surface area (Å²) in [6, 6.07) is 6.67. The van der Waals surface area contributed by atoms with E-state index in [0.717, 1.165) is 23.1 Å². The summed E-state index contributed by atoms with van der Waals surface area (Å²) in [5.41, 5.74) is 8.86. The summed E-state index contributed by atoms with van der Waals surface area (Å²) in [7, 11) is 0. The molecule has 4 nitrogen and oxygen atoms in total. The molecule has 0 amide bonds. The van der Waals surface area contributed by atoms with Gasteiger partial charge in [0.1, 0.15) is 23.1 Å². The van der Waals surface area contributed by atoms with Crippen molar-refractivity contribution >= 4 is 16.9 Å². The molecule has 0 fully saturated rings. The SMILES string of the molecule is CCc1c(-c2ccccc2F)[nH]c2nc(C)nc(N)c12. The normalized spacial score (nSPS) is 11.2. The van der Waals surface area contributed by atoms with E-state index in [9.17, 15) is 4.39 Å². The predicted molar refractivity (Wildman–Crippen MR) is 77.8 cm³/mol. The van der Waals surface area contributed by atoms with Crippen molar-refractivity contribution in [2.24, 2.45) is 0 Å². The number of fused-ring (bicyclic) bond motifs is 1. The number of nitrogens with zero attached hydrogens (tertiary/aromatic N) is 2. The quantitative estimate of drug-likeness (QED) is 0.751. The van der Waals surface area contributed by atoms with E-state index >= 15 is 0 Å². The second-order valence-electron chi connectivity index (χ2n) is 4.69. The lowest BCUT2D eigenvalue weighted by Gasteiger charge is -2.04. The van der Waals surface area contributed by atoms with Crippen molar-refractivity contribution in [3.63, 3.8) is 0 Å². The summed E-state index contributed by atoms with van der Waals surface area (Å²) in [6.07, 6.45) is 0.723. The van der Waals surface area contributed by atoms with Crippen LogP contribution in [-0.2, 0) is 6.42 Å². The summed E-state index contributed by atoms with van der Waals surface area (Å²) in [5.74, 6) is 0.763. The Kier molecular flexibility index (Phi) is 2.89. The van der Waals surface area contributed by atoms with Gasteiger partial charge < -0.3 is 10.7 Å². The van der Waals surface area contributed by atoms with E-state index in [0.29, 0.717) is 22.9 Å². The number of anilines is 1. The van der Waals surface area contributed by atoms with E-state index in [1.54, 1.807) is 19.1 Å². The molecule has 2 aromatic heterocycles. The van der Waals surface area contributed by atoms with E-state index in [1.165, 1.54) is 6.07 Å². The fraction of sp³-hybridized carbons (Fsp3) is 0.200. The minimum atomic E-state index is -0.267. The zero-order valence-corrected chi connectivity index (χ0v) is 11.4. The van der Waals surface area contributed by atoms with Crippen molar-refractivity contribution in [1.29, 1.82) is 0 Å². The number of rotatable bonds is 2. The molecular formula is C15H15FN4. The smallest absolute Gasteiger partial charge is 0.143 e. The van der Waals surface area contributed by atoms with Crippen LogP contribution in [0.1, 0.15) is 18.3 Å². The van der Waals surface area contributed by atoms with Gasteiger partial charge in [-0.2, -0.15) is 0 Å². The summed E-state index contributed by atoms with van der Waals surface area (Å²) < 4.78 is 14.0. The topological polar surface area (TPSA) is 67.6 Å². The van der Waals surface area contributed by atoms with Crippen LogP contribution < -0.4 is 5.73 Å². The number of nitrogens with one attached hydrogen (secondary N) is 1. The number of nitrogen functional groups attached to an aromatic ring is 1.